The molecule has 3 rings (SSSR count). The second-order valence-corrected chi connectivity index (χ2v) is 6.71. The van der Waals surface area contributed by atoms with Gasteiger partial charge in [-0.15, -0.1) is 5.10 Å². The van der Waals surface area contributed by atoms with Crippen molar-refractivity contribution in [1.29, 1.82) is 0 Å². The fourth-order valence-electron chi connectivity index (χ4n) is 2.05. The van der Waals surface area contributed by atoms with Crippen LogP contribution in [-0.4, -0.2) is 32.6 Å². The Labute approximate surface area is 153 Å². The van der Waals surface area contributed by atoms with Crippen LogP contribution >= 0.6 is 35.0 Å². The molecule has 0 fully saturated rings. The Morgan fingerprint density at radius 1 is 1.00 bits per heavy atom. The fraction of sp³-hybridized carbons (Fsp3) is 0.188. The summed E-state index contributed by atoms with van der Waals surface area (Å²) < 4.78 is 7.39. The van der Waals surface area contributed by atoms with E-state index in [0.29, 0.717) is 28.2 Å². The minimum Gasteiger partial charge on any atom is -0.490 e. The highest BCUT2D eigenvalue weighted by atomic mass is 35.5. The summed E-state index contributed by atoms with van der Waals surface area (Å²) in [5, 5.41) is 12.9. The van der Waals surface area contributed by atoms with Crippen molar-refractivity contribution in [2.45, 2.75) is 5.75 Å². The van der Waals surface area contributed by atoms with Gasteiger partial charge in [0.15, 0.2) is 11.6 Å². The van der Waals surface area contributed by atoms with Gasteiger partial charge in [-0.3, -0.25) is 0 Å². The molecule has 3 aromatic rings. The lowest BCUT2D eigenvalue weighted by Crippen LogP contribution is -2.04. The Kier molecular flexibility index (Phi) is 5.96. The van der Waals surface area contributed by atoms with Crippen molar-refractivity contribution in [3.63, 3.8) is 0 Å². The van der Waals surface area contributed by atoms with E-state index in [0.717, 1.165) is 17.3 Å². The first-order valence-corrected chi connectivity index (χ1v) is 9.14. The SMILES string of the molecule is Clc1cccc(Cl)c1OCCSCc1nnnn1-c1ccccc1. The first-order valence-electron chi connectivity index (χ1n) is 7.23. The number of aromatic nitrogens is 4. The van der Waals surface area contributed by atoms with Crippen molar-refractivity contribution in [3.8, 4) is 11.4 Å². The third-order valence-electron chi connectivity index (χ3n) is 3.16. The Bertz CT molecular complexity index is 778. The first kappa shape index (κ1) is 17.1. The summed E-state index contributed by atoms with van der Waals surface area (Å²) in [5.74, 6) is 2.77. The highest BCUT2D eigenvalue weighted by molar-refractivity contribution is 7.98. The van der Waals surface area contributed by atoms with Gasteiger partial charge in [-0.1, -0.05) is 47.5 Å². The van der Waals surface area contributed by atoms with Gasteiger partial charge in [0.1, 0.15) is 0 Å². The van der Waals surface area contributed by atoms with Gasteiger partial charge in [-0.05, 0) is 34.7 Å². The quantitative estimate of drug-likeness (QED) is 0.572. The van der Waals surface area contributed by atoms with E-state index >= 15 is 0 Å². The molecule has 24 heavy (non-hydrogen) atoms. The Morgan fingerprint density at radius 2 is 1.75 bits per heavy atom. The number of ether oxygens (including phenoxy) is 1. The molecule has 124 valence electrons. The van der Waals surface area contributed by atoms with E-state index < -0.39 is 0 Å². The van der Waals surface area contributed by atoms with Crippen molar-refractivity contribution in [3.05, 3.63) is 64.4 Å². The van der Waals surface area contributed by atoms with Crippen molar-refractivity contribution >= 4 is 35.0 Å². The van der Waals surface area contributed by atoms with Crippen LogP contribution in [0.2, 0.25) is 10.0 Å². The summed E-state index contributed by atoms with van der Waals surface area (Å²) in [4.78, 5) is 0. The molecule has 0 radical (unpaired) electrons. The van der Waals surface area contributed by atoms with Crippen LogP contribution in [0.25, 0.3) is 5.69 Å². The maximum atomic E-state index is 6.07. The third kappa shape index (κ3) is 4.20. The average Bonchev–Trinajstić information content (AvgIpc) is 3.06. The van der Waals surface area contributed by atoms with Crippen LogP contribution in [0.15, 0.2) is 48.5 Å². The number of para-hydroxylation sites is 2. The Balaban J connectivity index is 1.51. The normalized spacial score (nSPS) is 10.8. The highest BCUT2D eigenvalue weighted by Gasteiger charge is 2.09. The molecular weight excluding hydrogens is 367 g/mol. The summed E-state index contributed by atoms with van der Waals surface area (Å²) in [5.41, 5.74) is 0.942. The number of hydrogen-bond acceptors (Lipinski definition) is 5. The van der Waals surface area contributed by atoms with E-state index in [2.05, 4.69) is 15.5 Å². The van der Waals surface area contributed by atoms with E-state index in [1.165, 1.54) is 0 Å². The molecule has 0 N–H and O–H groups in total. The van der Waals surface area contributed by atoms with Crippen LogP contribution in [0.3, 0.4) is 0 Å². The molecule has 0 atom stereocenters. The van der Waals surface area contributed by atoms with Crippen molar-refractivity contribution in [2.24, 2.45) is 0 Å². The van der Waals surface area contributed by atoms with E-state index in [1.807, 2.05) is 30.3 Å². The lowest BCUT2D eigenvalue weighted by Gasteiger charge is -2.09. The number of halogens is 2. The standard InChI is InChI=1S/C16H14Cl2N4OS/c17-13-7-4-8-14(18)16(13)23-9-10-24-11-15-19-20-21-22(15)12-5-2-1-3-6-12/h1-8H,9-11H2. The number of hydrogen-bond donors (Lipinski definition) is 0. The molecule has 0 amide bonds. The van der Waals surface area contributed by atoms with E-state index in [1.54, 1.807) is 34.6 Å². The summed E-state index contributed by atoms with van der Waals surface area (Å²) in [6.07, 6.45) is 0. The molecule has 0 bridgehead atoms. The zero-order valence-corrected chi connectivity index (χ0v) is 14.9. The van der Waals surface area contributed by atoms with Gasteiger partial charge >= 0.3 is 0 Å². The summed E-state index contributed by atoms with van der Waals surface area (Å²) >= 11 is 13.8. The van der Waals surface area contributed by atoms with Gasteiger partial charge in [-0.25, -0.2) is 0 Å². The molecule has 0 spiro atoms. The van der Waals surface area contributed by atoms with Gasteiger partial charge in [0.05, 0.1) is 28.1 Å². The number of thioether (sulfide) groups is 1. The lowest BCUT2D eigenvalue weighted by atomic mass is 10.3. The Morgan fingerprint density at radius 3 is 2.50 bits per heavy atom. The molecule has 1 aromatic heterocycles. The smallest absolute Gasteiger partial charge is 0.166 e. The van der Waals surface area contributed by atoms with Crippen molar-refractivity contribution in [1.82, 2.24) is 20.2 Å². The van der Waals surface area contributed by atoms with Gasteiger partial charge in [0.2, 0.25) is 0 Å². The minimum atomic E-state index is 0.501. The van der Waals surface area contributed by atoms with E-state index in [9.17, 15) is 0 Å². The summed E-state index contributed by atoms with van der Waals surface area (Å²) in [7, 11) is 0. The van der Waals surface area contributed by atoms with Gasteiger partial charge in [0.25, 0.3) is 0 Å². The van der Waals surface area contributed by atoms with E-state index in [4.69, 9.17) is 27.9 Å². The maximum Gasteiger partial charge on any atom is 0.166 e. The molecule has 1 heterocycles. The van der Waals surface area contributed by atoms with Crippen LogP contribution in [0.5, 0.6) is 5.75 Å². The predicted molar refractivity (Wildman–Crippen MR) is 97.3 cm³/mol. The minimum absolute atomic E-state index is 0.501. The molecular formula is C16H14Cl2N4OS. The summed E-state index contributed by atoms with van der Waals surface area (Å²) in [6.45, 7) is 0.501. The van der Waals surface area contributed by atoms with Crippen LogP contribution in [0.1, 0.15) is 5.82 Å². The number of rotatable bonds is 7. The molecule has 0 aliphatic heterocycles. The molecule has 0 saturated heterocycles. The van der Waals surface area contributed by atoms with Crippen LogP contribution < -0.4 is 4.74 Å². The second kappa shape index (κ2) is 8.37. The maximum absolute atomic E-state index is 6.07. The second-order valence-electron chi connectivity index (χ2n) is 4.79. The topological polar surface area (TPSA) is 52.8 Å². The molecule has 0 unspecified atom stereocenters. The van der Waals surface area contributed by atoms with Crippen LogP contribution in [0.4, 0.5) is 0 Å². The monoisotopic (exact) mass is 380 g/mol. The van der Waals surface area contributed by atoms with Gasteiger partial charge < -0.3 is 4.74 Å². The van der Waals surface area contributed by atoms with Crippen molar-refractivity contribution < 1.29 is 4.74 Å². The fourth-order valence-corrected chi connectivity index (χ4v) is 3.27. The van der Waals surface area contributed by atoms with Crippen LogP contribution in [-0.2, 0) is 5.75 Å². The van der Waals surface area contributed by atoms with Gasteiger partial charge in [-0.2, -0.15) is 16.4 Å². The largest absolute Gasteiger partial charge is 0.490 e. The van der Waals surface area contributed by atoms with Crippen molar-refractivity contribution in [2.75, 3.05) is 12.4 Å². The predicted octanol–water partition coefficient (Wildman–Crippen LogP) is 4.28. The molecule has 5 nitrogen and oxygen atoms in total. The summed E-state index contributed by atoms with van der Waals surface area (Å²) in [6, 6.07) is 15.1. The number of tetrazole rings is 1. The molecule has 0 aliphatic carbocycles. The van der Waals surface area contributed by atoms with Crippen LogP contribution in [0, 0.1) is 0 Å². The highest BCUT2D eigenvalue weighted by Crippen LogP contribution is 2.32. The molecule has 2 aromatic carbocycles. The van der Waals surface area contributed by atoms with Gasteiger partial charge in [0, 0.05) is 5.75 Å². The molecule has 0 aliphatic rings. The number of nitrogens with zero attached hydrogens (tertiary/aromatic N) is 4. The zero-order valence-electron chi connectivity index (χ0n) is 12.6. The molecule has 8 heteroatoms. The first-order chi connectivity index (χ1) is 11.8. The Hall–Kier alpha value is -1.76. The van der Waals surface area contributed by atoms with E-state index in [-0.39, 0.29) is 0 Å². The third-order valence-corrected chi connectivity index (χ3v) is 4.67. The average molecular weight is 381 g/mol. The lowest BCUT2D eigenvalue weighted by molar-refractivity contribution is 0.344. The molecule has 0 saturated carbocycles. The zero-order chi connectivity index (χ0) is 16.8. The number of benzene rings is 2.